The van der Waals surface area contributed by atoms with Gasteiger partial charge in [-0.1, -0.05) is 23.2 Å². The predicted octanol–water partition coefficient (Wildman–Crippen LogP) is 3.79. The van der Waals surface area contributed by atoms with E-state index in [0.29, 0.717) is 16.4 Å². The van der Waals surface area contributed by atoms with E-state index in [-0.39, 0.29) is 11.1 Å². The molecule has 0 atom stereocenters. The van der Waals surface area contributed by atoms with Crippen LogP contribution < -0.4 is 5.32 Å². The molecule has 0 saturated heterocycles. The zero-order chi connectivity index (χ0) is 15.6. The number of hydrogen-bond donors (Lipinski definition) is 3. The smallest absolute Gasteiger partial charge is 0.337 e. The zero-order valence-corrected chi connectivity index (χ0v) is 11.8. The van der Waals surface area contributed by atoms with Crippen molar-refractivity contribution in [3.63, 3.8) is 0 Å². The summed E-state index contributed by atoms with van der Waals surface area (Å²) in [4.78, 5) is 22.2. The SMILES string of the molecule is Cc1ccc(Nc2cc(C(=O)O)ccc2Cl)c(C(=O)O)c1. The first-order valence-electron chi connectivity index (χ1n) is 6.02. The highest BCUT2D eigenvalue weighted by molar-refractivity contribution is 6.33. The fourth-order valence-corrected chi connectivity index (χ4v) is 2.01. The molecule has 0 bridgehead atoms. The van der Waals surface area contributed by atoms with Gasteiger partial charge in [0.25, 0.3) is 0 Å². The summed E-state index contributed by atoms with van der Waals surface area (Å²) in [7, 11) is 0. The number of halogens is 1. The van der Waals surface area contributed by atoms with Crippen LogP contribution in [0.1, 0.15) is 26.3 Å². The standard InChI is InChI=1S/C15H12ClNO4/c1-8-2-5-12(10(6-8)15(20)21)17-13-7-9(14(18)19)3-4-11(13)16/h2-7,17H,1H3,(H,18,19)(H,20,21). The maximum Gasteiger partial charge on any atom is 0.337 e. The molecule has 0 spiro atoms. The van der Waals surface area contributed by atoms with Crippen LogP contribution in [-0.2, 0) is 0 Å². The lowest BCUT2D eigenvalue weighted by molar-refractivity contribution is 0.0686. The first-order chi connectivity index (χ1) is 9.88. The Morgan fingerprint density at radius 1 is 1.00 bits per heavy atom. The number of benzene rings is 2. The summed E-state index contributed by atoms with van der Waals surface area (Å²) >= 11 is 6.01. The van der Waals surface area contributed by atoms with Crippen LogP contribution in [0.25, 0.3) is 0 Å². The number of carboxylic acids is 2. The van der Waals surface area contributed by atoms with Gasteiger partial charge in [-0.15, -0.1) is 0 Å². The minimum Gasteiger partial charge on any atom is -0.478 e. The van der Waals surface area contributed by atoms with Crippen molar-refractivity contribution in [1.82, 2.24) is 0 Å². The molecule has 3 N–H and O–H groups in total. The van der Waals surface area contributed by atoms with Gasteiger partial charge in [0.05, 0.1) is 27.5 Å². The lowest BCUT2D eigenvalue weighted by atomic mass is 10.1. The third-order valence-corrected chi connectivity index (χ3v) is 3.22. The van der Waals surface area contributed by atoms with Gasteiger partial charge in [0.2, 0.25) is 0 Å². The summed E-state index contributed by atoms with van der Waals surface area (Å²) in [5.74, 6) is -2.16. The number of aromatic carboxylic acids is 2. The van der Waals surface area contributed by atoms with Gasteiger partial charge in [0, 0.05) is 0 Å². The maximum atomic E-state index is 11.3. The van der Waals surface area contributed by atoms with Crippen LogP contribution in [0.3, 0.4) is 0 Å². The summed E-state index contributed by atoms with van der Waals surface area (Å²) in [5, 5.41) is 21.4. The molecule has 2 aromatic carbocycles. The fraction of sp³-hybridized carbons (Fsp3) is 0.0667. The molecule has 0 aliphatic rings. The van der Waals surface area contributed by atoms with Crippen molar-refractivity contribution < 1.29 is 19.8 Å². The van der Waals surface area contributed by atoms with Gasteiger partial charge < -0.3 is 15.5 Å². The van der Waals surface area contributed by atoms with E-state index in [9.17, 15) is 14.7 Å². The summed E-state index contributed by atoms with van der Waals surface area (Å²) in [5.41, 5.74) is 1.64. The van der Waals surface area contributed by atoms with Crippen LogP contribution in [0.4, 0.5) is 11.4 Å². The summed E-state index contributed by atoms with van der Waals surface area (Å²) < 4.78 is 0. The van der Waals surface area contributed by atoms with E-state index in [2.05, 4.69) is 5.32 Å². The fourth-order valence-electron chi connectivity index (χ4n) is 1.84. The van der Waals surface area contributed by atoms with Crippen molar-refractivity contribution in [3.05, 3.63) is 58.1 Å². The van der Waals surface area contributed by atoms with Crippen molar-refractivity contribution in [2.24, 2.45) is 0 Å². The Balaban J connectivity index is 2.45. The van der Waals surface area contributed by atoms with Crippen molar-refractivity contribution in [1.29, 1.82) is 0 Å². The quantitative estimate of drug-likeness (QED) is 0.800. The first-order valence-corrected chi connectivity index (χ1v) is 6.40. The number of carboxylic acid groups (broad SMARTS) is 2. The normalized spacial score (nSPS) is 10.2. The van der Waals surface area contributed by atoms with Crippen LogP contribution >= 0.6 is 11.6 Å². The molecule has 2 aromatic rings. The molecule has 0 aliphatic carbocycles. The van der Waals surface area contributed by atoms with Gasteiger partial charge in [-0.3, -0.25) is 0 Å². The topological polar surface area (TPSA) is 86.6 Å². The number of hydrogen-bond acceptors (Lipinski definition) is 3. The molecule has 0 unspecified atom stereocenters. The highest BCUT2D eigenvalue weighted by atomic mass is 35.5. The molecule has 21 heavy (non-hydrogen) atoms. The van der Waals surface area contributed by atoms with E-state index in [1.165, 1.54) is 24.3 Å². The minimum atomic E-state index is -1.09. The third kappa shape index (κ3) is 3.32. The second-order valence-corrected chi connectivity index (χ2v) is 4.89. The summed E-state index contributed by atoms with van der Waals surface area (Å²) in [6.07, 6.45) is 0. The molecule has 0 aromatic heterocycles. The Kier molecular flexibility index (Phi) is 4.14. The second-order valence-electron chi connectivity index (χ2n) is 4.48. The zero-order valence-electron chi connectivity index (χ0n) is 11.1. The molecule has 5 nitrogen and oxygen atoms in total. The van der Waals surface area contributed by atoms with E-state index in [4.69, 9.17) is 16.7 Å². The van der Waals surface area contributed by atoms with Gasteiger partial charge in [-0.05, 0) is 37.3 Å². The lowest BCUT2D eigenvalue weighted by Gasteiger charge is -2.12. The Bertz CT molecular complexity index is 728. The van der Waals surface area contributed by atoms with Gasteiger partial charge in [0.1, 0.15) is 0 Å². The Hall–Kier alpha value is -2.53. The predicted molar refractivity (Wildman–Crippen MR) is 79.8 cm³/mol. The van der Waals surface area contributed by atoms with E-state index in [0.717, 1.165) is 5.56 Å². The van der Waals surface area contributed by atoms with Crippen molar-refractivity contribution >= 4 is 34.9 Å². The molecule has 0 radical (unpaired) electrons. The van der Waals surface area contributed by atoms with Gasteiger partial charge in [0.15, 0.2) is 0 Å². The van der Waals surface area contributed by atoms with E-state index in [1.807, 2.05) is 0 Å². The molecule has 0 aliphatic heterocycles. The Morgan fingerprint density at radius 2 is 1.71 bits per heavy atom. The van der Waals surface area contributed by atoms with E-state index in [1.54, 1.807) is 19.1 Å². The number of anilines is 2. The molecule has 0 amide bonds. The summed E-state index contributed by atoms with van der Waals surface area (Å²) in [6.45, 7) is 1.79. The monoisotopic (exact) mass is 305 g/mol. The van der Waals surface area contributed by atoms with Gasteiger partial charge in [-0.25, -0.2) is 9.59 Å². The highest BCUT2D eigenvalue weighted by Gasteiger charge is 2.13. The molecular weight excluding hydrogens is 294 g/mol. The number of nitrogens with one attached hydrogen (secondary N) is 1. The molecule has 0 fully saturated rings. The largest absolute Gasteiger partial charge is 0.478 e. The van der Waals surface area contributed by atoms with Crippen molar-refractivity contribution in [2.75, 3.05) is 5.32 Å². The molecular formula is C15H12ClNO4. The van der Waals surface area contributed by atoms with Crippen LogP contribution in [0.15, 0.2) is 36.4 Å². The second kappa shape index (κ2) is 5.85. The third-order valence-electron chi connectivity index (χ3n) is 2.89. The molecule has 6 heteroatoms. The van der Waals surface area contributed by atoms with Crippen LogP contribution in [0.2, 0.25) is 5.02 Å². The van der Waals surface area contributed by atoms with E-state index >= 15 is 0 Å². The van der Waals surface area contributed by atoms with Gasteiger partial charge in [-0.2, -0.15) is 0 Å². The van der Waals surface area contributed by atoms with Crippen molar-refractivity contribution in [2.45, 2.75) is 6.92 Å². The van der Waals surface area contributed by atoms with Crippen LogP contribution in [0.5, 0.6) is 0 Å². The average molecular weight is 306 g/mol. The number of aryl methyl sites for hydroxylation is 1. The number of rotatable bonds is 4. The maximum absolute atomic E-state index is 11.3. The minimum absolute atomic E-state index is 0.0610. The Labute approximate surface area is 125 Å². The Morgan fingerprint density at radius 3 is 2.33 bits per heavy atom. The molecule has 0 saturated carbocycles. The van der Waals surface area contributed by atoms with Gasteiger partial charge >= 0.3 is 11.9 Å². The molecule has 0 heterocycles. The van der Waals surface area contributed by atoms with Crippen molar-refractivity contribution in [3.8, 4) is 0 Å². The summed E-state index contributed by atoms with van der Waals surface area (Å²) in [6, 6.07) is 9.08. The number of carbonyl (C=O) groups is 2. The average Bonchev–Trinajstić information content (AvgIpc) is 2.42. The van der Waals surface area contributed by atoms with Crippen LogP contribution in [0, 0.1) is 6.92 Å². The highest BCUT2D eigenvalue weighted by Crippen LogP contribution is 2.29. The first kappa shape index (κ1) is 14.9. The molecule has 2 rings (SSSR count). The molecule has 108 valence electrons. The van der Waals surface area contributed by atoms with Crippen LogP contribution in [-0.4, -0.2) is 22.2 Å². The van der Waals surface area contributed by atoms with E-state index < -0.39 is 11.9 Å². The lowest BCUT2D eigenvalue weighted by Crippen LogP contribution is -2.04.